The molecule has 0 fully saturated rings. The largest absolute Gasteiger partial charge is 0.496 e. The van der Waals surface area contributed by atoms with E-state index in [1.807, 2.05) is 0 Å². The molecule has 4 rings (SSSR count). The maximum atomic E-state index is 13.6. The van der Waals surface area contributed by atoms with Crippen molar-refractivity contribution in [1.29, 1.82) is 0 Å². The molecular weight excluding hydrogens is 404 g/mol. The van der Waals surface area contributed by atoms with Crippen molar-refractivity contribution in [1.82, 2.24) is 8.96 Å². The molecule has 0 saturated carbocycles. The average molecular weight is 422 g/mol. The minimum atomic E-state index is -3.97. The zero-order valence-electron chi connectivity index (χ0n) is 16.3. The fourth-order valence-electron chi connectivity index (χ4n) is 3.28. The number of hydrogen-bond acceptors (Lipinski definition) is 6. The van der Waals surface area contributed by atoms with Crippen molar-refractivity contribution in [3.8, 4) is 22.8 Å². The normalized spacial score (nSPS) is 11.4. The van der Waals surface area contributed by atoms with E-state index >= 15 is 0 Å². The van der Waals surface area contributed by atoms with Crippen LogP contribution >= 0.6 is 0 Å². The number of ether oxygens (including phenoxy) is 2. The summed E-state index contributed by atoms with van der Waals surface area (Å²) in [5.41, 5.74) is 1.56. The van der Waals surface area contributed by atoms with Gasteiger partial charge in [-0.3, -0.25) is 4.79 Å². The number of benzene rings is 2. The van der Waals surface area contributed by atoms with Crippen molar-refractivity contribution in [3.63, 3.8) is 0 Å². The lowest BCUT2D eigenvalue weighted by atomic mass is 10.1. The molecule has 7 nitrogen and oxygen atoms in total. The predicted octanol–water partition coefficient (Wildman–Crippen LogP) is 3.77. The van der Waals surface area contributed by atoms with Crippen LogP contribution in [0.2, 0.25) is 0 Å². The van der Waals surface area contributed by atoms with Gasteiger partial charge in [0.15, 0.2) is 5.65 Å². The second-order valence-electron chi connectivity index (χ2n) is 6.48. The molecule has 30 heavy (non-hydrogen) atoms. The lowest BCUT2D eigenvalue weighted by molar-refractivity contribution is 0.112. The zero-order valence-corrected chi connectivity index (χ0v) is 17.1. The highest BCUT2D eigenvalue weighted by Crippen LogP contribution is 2.37. The molecule has 0 amide bonds. The van der Waals surface area contributed by atoms with E-state index in [1.54, 1.807) is 48.5 Å². The summed E-state index contributed by atoms with van der Waals surface area (Å²) in [4.78, 5) is 15.6. The number of fused-ring (bicyclic) bond motifs is 1. The maximum Gasteiger partial charge on any atom is 0.269 e. The molecule has 0 N–H and O–H groups in total. The zero-order chi connectivity index (χ0) is 21.3. The van der Waals surface area contributed by atoms with Crippen LogP contribution in [0.4, 0.5) is 0 Å². The predicted molar refractivity (Wildman–Crippen MR) is 113 cm³/mol. The molecule has 0 bridgehead atoms. The molecule has 8 heteroatoms. The number of aldehydes is 1. The van der Waals surface area contributed by atoms with Gasteiger partial charge < -0.3 is 9.47 Å². The van der Waals surface area contributed by atoms with Crippen LogP contribution in [-0.4, -0.2) is 37.9 Å². The summed E-state index contributed by atoms with van der Waals surface area (Å²) in [7, 11) is -0.991. The van der Waals surface area contributed by atoms with Gasteiger partial charge in [-0.1, -0.05) is 24.3 Å². The van der Waals surface area contributed by atoms with Crippen LogP contribution < -0.4 is 9.47 Å². The molecule has 2 aromatic heterocycles. The lowest BCUT2D eigenvalue weighted by Crippen LogP contribution is -2.15. The van der Waals surface area contributed by atoms with Crippen molar-refractivity contribution in [2.45, 2.75) is 4.90 Å². The van der Waals surface area contributed by atoms with Crippen LogP contribution in [-0.2, 0) is 10.0 Å². The van der Waals surface area contributed by atoms with E-state index in [4.69, 9.17) is 9.47 Å². The number of carbonyl (C=O) groups excluding carboxylic acids is 1. The van der Waals surface area contributed by atoms with E-state index in [-0.39, 0.29) is 10.5 Å². The van der Waals surface area contributed by atoms with Gasteiger partial charge in [0.25, 0.3) is 10.0 Å². The van der Waals surface area contributed by atoms with Gasteiger partial charge >= 0.3 is 0 Å². The molecular formula is C22H18N2O5S. The molecule has 0 aliphatic rings. The quantitative estimate of drug-likeness (QED) is 0.440. The molecule has 2 heterocycles. The molecule has 0 radical (unpaired) electrons. The first-order valence-corrected chi connectivity index (χ1v) is 10.4. The fourth-order valence-corrected chi connectivity index (χ4v) is 4.79. The SMILES string of the molecule is COc1cnc2c(c1)cc(-c1ccc(C=O)cc1OC)n2S(=O)(=O)c1ccccc1. The van der Waals surface area contributed by atoms with E-state index in [9.17, 15) is 13.2 Å². The van der Waals surface area contributed by atoms with E-state index in [0.717, 1.165) is 0 Å². The van der Waals surface area contributed by atoms with Crippen molar-refractivity contribution < 1.29 is 22.7 Å². The molecule has 152 valence electrons. The van der Waals surface area contributed by atoms with Crippen molar-refractivity contribution in [2.75, 3.05) is 14.2 Å². The van der Waals surface area contributed by atoms with Gasteiger partial charge in [0, 0.05) is 16.5 Å². The first kappa shape index (κ1) is 19.7. The van der Waals surface area contributed by atoms with Crippen LogP contribution in [0.3, 0.4) is 0 Å². The first-order chi connectivity index (χ1) is 14.5. The van der Waals surface area contributed by atoms with Gasteiger partial charge in [-0.05, 0) is 36.4 Å². The number of nitrogens with zero attached hydrogens (tertiary/aromatic N) is 2. The summed E-state index contributed by atoms with van der Waals surface area (Å²) < 4.78 is 39.0. The van der Waals surface area contributed by atoms with Crippen molar-refractivity contribution in [2.24, 2.45) is 0 Å². The first-order valence-electron chi connectivity index (χ1n) is 8.99. The van der Waals surface area contributed by atoms with Crippen LogP contribution in [0.25, 0.3) is 22.3 Å². The molecule has 0 atom stereocenters. The Kier molecular flexibility index (Phi) is 5.01. The second-order valence-corrected chi connectivity index (χ2v) is 8.26. The van der Waals surface area contributed by atoms with Crippen LogP contribution in [0.5, 0.6) is 11.5 Å². The summed E-state index contributed by atoms with van der Waals surface area (Å²) in [6.07, 6.45) is 2.17. The molecule has 0 aliphatic heterocycles. The Hall–Kier alpha value is -3.65. The van der Waals surface area contributed by atoms with Gasteiger partial charge in [0.2, 0.25) is 0 Å². The number of pyridine rings is 1. The summed E-state index contributed by atoms with van der Waals surface area (Å²) in [5, 5.41) is 0.588. The van der Waals surface area contributed by atoms with E-state index < -0.39 is 10.0 Å². The Morgan fingerprint density at radius 1 is 0.967 bits per heavy atom. The number of hydrogen-bond donors (Lipinski definition) is 0. The highest BCUT2D eigenvalue weighted by atomic mass is 32.2. The highest BCUT2D eigenvalue weighted by Gasteiger charge is 2.26. The molecule has 0 spiro atoms. The standard InChI is InChI=1S/C22H18N2O5S/c1-28-17-11-16-12-20(19-9-8-15(14-25)10-21(19)29-2)24(22(16)23-13-17)30(26,27)18-6-4-3-5-7-18/h3-14H,1-2H3. The Bertz CT molecular complexity index is 1340. The minimum Gasteiger partial charge on any atom is -0.496 e. The molecule has 2 aromatic carbocycles. The fraction of sp³-hybridized carbons (Fsp3) is 0.0909. The van der Waals surface area contributed by atoms with Crippen molar-refractivity contribution in [3.05, 3.63) is 72.4 Å². The van der Waals surface area contributed by atoms with Crippen LogP contribution in [0.1, 0.15) is 10.4 Å². The smallest absolute Gasteiger partial charge is 0.269 e. The Morgan fingerprint density at radius 3 is 2.40 bits per heavy atom. The lowest BCUT2D eigenvalue weighted by Gasteiger charge is -2.14. The molecule has 4 aromatic rings. The van der Waals surface area contributed by atoms with Gasteiger partial charge in [-0.15, -0.1) is 0 Å². The van der Waals surface area contributed by atoms with E-state index in [0.29, 0.717) is 40.0 Å². The number of carbonyl (C=O) groups is 1. The molecule has 0 aliphatic carbocycles. The third-order valence-electron chi connectivity index (χ3n) is 4.73. The third kappa shape index (κ3) is 3.21. The summed E-state index contributed by atoms with van der Waals surface area (Å²) in [5.74, 6) is 0.880. The summed E-state index contributed by atoms with van der Waals surface area (Å²) >= 11 is 0. The van der Waals surface area contributed by atoms with E-state index in [2.05, 4.69) is 4.98 Å². The van der Waals surface area contributed by atoms with Gasteiger partial charge in [-0.25, -0.2) is 17.4 Å². The Labute approximate surface area is 173 Å². The maximum absolute atomic E-state index is 13.6. The number of rotatable bonds is 6. The summed E-state index contributed by atoms with van der Waals surface area (Å²) in [6, 6.07) is 16.4. The molecule has 0 saturated heterocycles. The average Bonchev–Trinajstić information content (AvgIpc) is 3.18. The van der Waals surface area contributed by atoms with Crippen LogP contribution in [0.15, 0.2) is 71.8 Å². The van der Waals surface area contributed by atoms with Gasteiger partial charge in [0.1, 0.15) is 17.8 Å². The highest BCUT2D eigenvalue weighted by molar-refractivity contribution is 7.90. The van der Waals surface area contributed by atoms with Gasteiger partial charge in [0.05, 0.1) is 31.0 Å². The Balaban J connectivity index is 2.08. The second kappa shape index (κ2) is 7.64. The van der Waals surface area contributed by atoms with Gasteiger partial charge in [-0.2, -0.15) is 0 Å². The third-order valence-corrected chi connectivity index (χ3v) is 6.45. The number of methoxy groups -OCH3 is 2. The minimum absolute atomic E-state index is 0.129. The van der Waals surface area contributed by atoms with Crippen LogP contribution in [0, 0.1) is 0 Å². The number of aromatic nitrogens is 2. The van der Waals surface area contributed by atoms with Crippen molar-refractivity contribution >= 4 is 27.3 Å². The summed E-state index contributed by atoms with van der Waals surface area (Å²) in [6.45, 7) is 0. The monoisotopic (exact) mass is 422 g/mol. The van der Waals surface area contributed by atoms with E-state index in [1.165, 1.54) is 36.5 Å². The topological polar surface area (TPSA) is 87.5 Å². The molecule has 0 unspecified atom stereocenters. The Morgan fingerprint density at radius 2 is 1.73 bits per heavy atom.